The summed E-state index contributed by atoms with van der Waals surface area (Å²) in [6, 6.07) is 0.751. The van der Waals surface area contributed by atoms with Crippen LogP contribution >= 0.6 is 0 Å². The van der Waals surface area contributed by atoms with Gasteiger partial charge in [-0.1, -0.05) is 24.4 Å². The first-order chi connectivity index (χ1) is 9.08. The first-order valence-corrected chi connectivity index (χ1v) is 6.27. The molecule has 1 aliphatic rings. The molecule has 1 aliphatic carbocycles. The second-order valence-electron chi connectivity index (χ2n) is 4.67. The summed E-state index contributed by atoms with van der Waals surface area (Å²) in [5, 5.41) is 24.6. The number of carboxylic acid groups (broad SMARTS) is 1. The monoisotopic (exact) mass is 268 g/mol. The topological polar surface area (TPSA) is 113 Å². The Hall–Kier alpha value is -1.89. The van der Waals surface area contributed by atoms with Crippen molar-refractivity contribution in [2.24, 2.45) is 0 Å². The Kier molecular flexibility index (Phi) is 4.16. The number of nitrogens with one attached hydrogen (secondary N) is 1. The van der Waals surface area contributed by atoms with E-state index in [0.29, 0.717) is 12.8 Å². The van der Waals surface area contributed by atoms with Gasteiger partial charge in [0, 0.05) is 6.07 Å². The van der Waals surface area contributed by atoms with Crippen LogP contribution in [0.4, 0.5) is 0 Å². The molecule has 1 fully saturated rings. The summed E-state index contributed by atoms with van der Waals surface area (Å²) >= 11 is 0. The molecule has 0 aromatic carbocycles. The minimum atomic E-state index is -1.28. The van der Waals surface area contributed by atoms with Crippen molar-refractivity contribution in [1.29, 1.82) is 0 Å². The lowest BCUT2D eigenvalue weighted by atomic mass is 10.1. The van der Waals surface area contributed by atoms with E-state index in [9.17, 15) is 14.7 Å². The van der Waals surface area contributed by atoms with Gasteiger partial charge in [-0.15, -0.1) is 0 Å². The van der Waals surface area contributed by atoms with Crippen LogP contribution < -0.4 is 5.32 Å². The maximum Gasteiger partial charge on any atom is 0.374 e. The minimum absolute atomic E-state index is 0.0890. The Morgan fingerprint density at radius 2 is 2.05 bits per heavy atom. The lowest BCUT2D eigenvalue weighted by Gasteiger charge is -2.20. The highest BCUT2D eigenvalue weighted by atomic mass is 16.5. The van der Waals surface area contributed by atoms with Gasteiger partial charge in [-0.05, 0) is 12.8 Å². The molecule has 1 saturated carbocycles. The van der Waals surface area contributed by atoms with E-state index in [1.807, 2.05) is 0 Å². The van der Waals surface area contributed by atoms with Crippen molar-refractivity contribution in [2.45, 2.75) is 44.2 Å². The molecule has 1 heterocycles. The number of carboxylic acids is 1. The van der Waals surface area contributed by atoms with Gasteiger partial charge in [-0.2, -0.15) is 0 Å². The van der Waals surface area contributed by atoms with Gasteiger partial charge in [-0.25, -0.2) is 4.79 Å². The van der Waals surface area contributed by atoms with Gasteiger partial charge < -0.3 is 20.1 Å². The molecule has 0 saturated heterocycles. The van der Waals surface area contributed by atoms with E-state index < -0.39 is 18.0 Å². The molecule has 1 aromatic heterocycles. The van der Waals surface area contributed by atoms with Gasteiger partial charge in [0.2, 0.25) is 5.76 Å². The summed E-state index contributed by atoms with van der Waals surface area (Å²) in [7, 11) is 0. The van der Waals surface area contributed by atoms with Crippen LogP contribution in [-0.4, -0.2) is 39.4 Å². The fourth-order valence-corrected chi connectivity index (χ4v) is 2.18. The summed E-state index contributed by atoms with van der Waals surface area (Å²) in [6.45, 7) is 0. The number of nitrogens with zero attached hydrogens (tertiary/aromatic N) is 1. The molecule has 1 amide bonds. The Labute approximate surface area is 109 Å². The van der Waals surface area contributed by atoms with Crippen molar-refractivity contribution in [3.63, 3.8) is 0 Å². The van der Waals surface area contributed by atoms with Gasteiger partial charge in [0.1, 0.15) is 0 Å². The zero-order chi connectivity index (χ0) is 13.8. The van der Waals surface area contributed by atoms with E-state index in [4.69, 9.17) is 5.11 Å². The zero-order valence-electron chi connectivity index (χ0n) is 10.3. The van der Waals surface area contributed by atoms with Crippen LogP contribution in [0.25, 0.3) is 0 Å². The van der Waals surface area contributed by atoms with E-state index in [1.54, 1.807) is 0 Å². The Morgan fingerprint density at radius 1 is 1.32 bits per heavy atom. The number of aromatic carboxylic acids is 1. The quantitative estimate of drug-likeness (QED) is 0.699. The van der Waals surface area contributed by atoms with Gasteiger partial charge >= 0.3 is 5.97 Å². The lowest BCUT2D eigenvalue weighted by Crippen LogP contribution is -2.42. The molecule has 7 nitrogen and oxygen atoms in total. The van der Waals surface area contributed by atoms with E-state index in [0.717, 1.165) is 25.3 Å². The van der Waals surface area contributed by atoms with Crippen molar-refractivity contribution >= 4 is 11.9 Å². The number of aliphatic hydroxyl groups is 1. The van der Waals surface area contributed by atoms with Crippen LogP contribution in [0.1, 0.15) is 53.1 Å². The number of hydrogen-bond donors (Lipinski definition) is 3. The second kappa shape index (κ2) is 5.83. The minimum Gasteiger partial charge on any atom is -0.475 e. The zero-order valence-corrected chi connectivity index (χ0v) is 10.3. The van der Waals surface area contributed by atoms with Gasteiger partial charge in [-0.3, -0.25) is 4.79 Å². The fourth-order valence-electron chi connectivity index (χ4n) is 2.18. The number of carbonyl (C=O) groups is 2. The largest absolute Gasteiger partial charge is 0.475 e. The highest BCUT2D eigenvalue weighted by molar-refractivity contribution is 5.94. The molecule has 0 bridgehead atoms. The van der Waals surface area contributed by atoms with Crippen LogP contribution in [0.15, 0.2) is 10.6 Å². The number of rotatable bonds is 3. The molecule has 7 heteroatoms. The van der Waals surface area contributed by atoms with E-state index >= 15 is 0 Å². The third kappa shape index (κ3) is 3.31. The van der Waals surface area contributed by atoms with Crippen LogP contribution in [0.2, 0.25) is 0 Å². The Morgan fingerprint density at radius 3 is 2.74 bits per heavy atom. The smallest absolute Gasteiger partial charge is 0.374 e. The van der Waals surface area contributed by atoms with Crippen molar-refractivity contribution < 1.29 is 24.3 Å². The summed E-state index contributed by atoms with van der Waals surface area (Å²) in [6.07, 6.45) is 3.72. The predicted molar refractivity (Wildman–Crippen MR) is 63.8 cm³/mol. The number of hydrogen-bond acceptors (Lipinski definition) is 5. The molecule has 19 heavy (non-hydrogen) atoms. The maximum atomic E-state index is 11.9. The number of carbonyl (C=O) groups excluding carboxylic acids is 1. The molecular formula is C12H16N2O5. The fraction of sp³-hybridized carbons (Fsp3) is 0.583. The van der Waals surface area contributed by atoms with Gasteiger partial charge in [0.05, 0.1) is 12.1 Å². The van der Waals surface area contributed by atoms with Crippen molar-refractivity contribution in [1.82, 2.24) is 10.5 Å². The Balaban J connectivity index is 2.00. The van der Waals surface area contributed by atoms with Crippen molar-refractivity contribution in [2.75, 3.05) is 0 Å². The highest BCUT2D eigenvalue weighted by Crippen LogP contribution is 2.18. The average Bonchev–Trinajstić information content (AvgIpc) is 2.78. The summed E-state index contributed by atoms with van der Waals surface area (Å²) < 4.78 is 4.52. The number of amides is 1. The molecule has 1 aromatic rings. The van der Waals surface area contributed by atoms with E-state index in [2.05, 4.69) is 15.0 Å². The average molecular weight is 268 g/mol. The first kappa shape index (κ1) is 13.5. The standard InChI is InChI=1S/C12H16N2O5/c15-9-5-3-1-2-4-7(9)13-11(16)8-6-10(12(17)18)19-14-8/h6-7,9,15H,1-5H2,(H,13,16)(H,17,18). The lowest BCUT2D eigenvalue weighted by molar-refractivity contribution is 0.0650. The summed E-state index contributed by atoms with van der Waals surface area (Å²) in [5.41, 5.74) is -0.0890. The molecule has 3 N–H and O–H groups in total. The van der Waals surface area contributed by atoms with Crippen LogP contribution in [0.3, 0.4) is 0 Å². The maximum absolute atomic E-state index is 11.9. The Bertz CT molecular complexity index is 470. The van der Waals surface area contributed by atoms with Crippen LogP contribution in [0.5, 0.6) is 0 Å². The third-order valence-electron chi connectivity index (χ3n) is 3.25. The van der Waals surface area contributed by atoms with Crippen LogP contribution in [-0.2, 0) is 0 Å². The molecule has 2 atom stereocenters. The molecular weight excluding hydrogens is 252 g/mol. The second-order valence-corrected chi connectivity index (χ2v) is 4.67. The van der Waals surface area contributed by atoms with Gasteiger partial charge in [0.25, 0.3) is 5.91 Å². The van der Waals surface area contributed by atoms with E-state index in [1.165, 1.54) is 0 Å². The number of aliphatic hydroxyl groups excluding tert-OH is 1. The number of aromatic nitrogens is 1. The van der Waals surface area contributed by atoms with Crippen molar-refractivity contribution in [3.8, 4) is 0 Å². The molecule has 0 radical (unpaired) electrons. The molecule has 0 aliphatic heterocycles. The summed E-state index contributed by atoms with van der Waals surface area (Å²) in [5.74, 6) is -2.19. The van der Waals surface area contributed by atoms with Gasteiger partial charge in [0.15, 0.2) is 5.69 Å². The molecule has 104 valence electrons. The third-order valence-corrected chi connectivity index (χ3v) is 3.25. The predicted octanol–water partition coefficient (Wildman–Crippen LogP) is 0.796. The normalized spacial score (nSPS) is 23.6. The molecule has 0 spiro atoms. The highest BCUT2D eigenvalue weighted by Gasteiger charge is 2.25. The summed E-state index contributed by atoms with van der Waals surface area (Å²) in [4.78, 5) is 22.5. The first-order valence-electron chi connectivity index (χ1n) is 6.27. The molecule has 2 rings (SSSR count). The van der Waals surface area contributed by atoms with Crippen LogP contribution in [0, 0.1) is 0 Å². The van der Waals surface area contributed by atoms with Crippen molar-refractivity contribution in [3.05, 3.63) is 17.5 Å². The van der Waals surface area contributed by atoms with E-state index in [-0.39, 0.29) is 17.5 Å². The molecule has 2 unspecified atom stereocenters. The SMILES string of the molecule is O=C(NC1CCCCCC1O)c1cc(C(=O)O)on1.